The zero-order valence-electron chi connectivity index (χ0n) is 14.2. The van der Waals surface area contributed by atoms with Crippen LogP contribution in [0, 0.1) is 0 Å². The Labute approximate surface area is 143 Å². The first kappa shape index (κ1) is 18.7. The van der Waals surface area contributed by atoms with E-state index in [0.717, 1.165) is 6.54 Å². The Morgan fingerprint density at radius 1 is 1.17 bits per heavy atom. The topological polar surface area (TPSA) is 79.0 Å². The van der Waals surface area contributed by atoms with E-state index < -0.39 is 10.0 Å². The molecule has 0 bridgehead atoms. The molecule has 0 aromatic heterocycles. The molecular formula is C16H25N3O4S. The van der Waals surface area contributed by atoms with Gasteiger partial charge in [0.15, 0.2) is 0 Å². The van der Waals surface area contributed by atoms with Crippen LogP contribution in [0.25, 0.3) is 0 Å². The van der Waals surface area contributed by atoms with Gasteiger partial charge in [0, 0.05) is 45.7 Å². The molecule has 1 fully saturated rings. The van der Waals surface area contributed by atoms with Gasteiger partial charge in [-0.2, -0.15) is 4.31 Å². The van der Waals surface area contributed by atoms with Crippen LogP contribution in [0.4, 0.5) is 0 Å². The minimum Gasteiger partial charge on any atom is -0.497 e. The summed E-state index contributed by atoms with van der Waals surface area (Å²) in [6.07, 6.45) is 0.480. The molecule has 0 atom stereocenters. The molecule has 0 spiro atoms. The molecule has 1 aliphatic rings. The van der Waals surface area contributed by atoms with Gasteiger partial charge in [0.25, 0.3) is 0 Å². The number of sulfonamides is 1. The summed E-state index contributed by atoms with van der Waals surface area (Å²) in [6.45, 7) is 5.39. The summed E-state index contributed by atoms with van der Waals surface area (Å²) in [5.74, 6) is 0.670. The number of piperazine rings is 1. The van der Waals surface area contributed by atoms with Crippen molar-refractivity contribution in [1.82, 2.24) is 14.5 Å². The van der Waals surface area contributed by atoms with Crippen LogP contribution in [0.3, 0.4) is 0 Å². The molecule has 1 N–H and O–H groups in total. The summed E-state index contributed by atoms with van der Waals surface area (Å²) in [5, 5.41) is 2.83. The van der Waals surface area contributed by atoms with Crippen molar-refractivity contribution in [2.75, 3.05) is 46.4 Å². The van der Waals surface area contributed by atoms with Crippen LogP contribution in [-0.4, -0.2) is 69.9 Å². The minimum atomic E-state index is -3.47. The van der Waals surface area contributed by atoms with Crippen LogP contribution in [-0.2, 0) is 14.8 Å². The Morgan fingerprint density at radius 3 is 2.33 bits per heavy atom. The van der Waals surface area contributed by atoms with Crippen molar-refractivity contribution in [2.24, 2.45) is 0 Å². The summed E-state index contributed by atoms with van der Waals surface area (Å²) >= 11 is 0. The van der Waals surface area contributed by atoms with Gasteiger partial charge in [0.05, 0.1) is 12.0 Å². The molecule has 0 radical (unpaired) electrons. The van der Waals surface area contributed by atoms with E-state index in [1.807, 2.05) is 6.92 Å². The second-order valence-corrected chi connectivity index (χ2v) is 7.56. The van der Waals surface area contributed by atoms with Crippen LogP contribution in [0.5, 0.6) is 5.75 Å². The summed E-state index contributed by atoms with van der Waals surface area (Å²) < 4.78 is 31.9. The number of methoxy groups -OCH3 is 1. The number of ether oxygens (including phenoxy) is 1. The third-order valence-corrected chi connectivity index (χ3v) is 6.01. The molecule has 1 saturated heterocycles. The lowest BCUT2D eigenvalue weighted by atomic mass is 10.3. The third kappa shape index (κ3) is 4.68. The maximum absolute atomic E-state index is 12.6. The number of rotatable bonds is 7. The number of nitrogens with zero attached hydrogens (tertiary/aromatic N) is 2. The number of hydrogen-bond acceptors (Lipinski definition) is 5. The molecule has 2 rings (SSSR count). The average molecular weight is 355 g/mol. The zero-order chi connectivity index (χ0) is 17.6. The molecule has 1 aromatic rings. The Kier molecular flexibility index (Phi) is 6.59. The number of benzene rings is 1. The second kappa shape index (κ2) is 8.46. The van der Waals surface area contributed by atoms with E-state index >= 15 is 0 Å². The van der Waals surface area contributed by atoms with Crippen molar-refractivity contribution < 1.29 is 17.9 Å². The van der Waals surface area contributed by atoms with Gasteiger partial charge in [-0.15, -0.1) is 0 Å². The number of hydrogen-bond donors (Lipinski definition) is 1. The van der Waals surface area contributed by atoms with Crippen molar-refractivity contribution >= 4 is 15.9 Å². The molecule has 0 unspecified atom stereocenters. The lowest BCUT2D eigenvalue weighted by molar-refractivity contribution is -0.120. The molecule has 0 saturated carbocycles. The van der Waals surface area contributed by atoms with Crippen LogP contribution in [0.2, 0.25) is 0 Å². The SMILES string of the molecule is CCC(=O)NCCN1CCN(S(=O)(=O)c2ccc(OC)cc2)CC1. The quantitative estimate of drug-likeness (QED) is 0.772. The molecule has 8 heteroatoms. The molecule has 1 aromatic carbocycles. The van der Waals surface area contributed by atoms with E-state index in [-0.39, 0.29) is 10.8 Å². The van der Waals surface area contributed by atoms with Gasteiger partial charge in [0.1, 0.15) is 5.75 Å². The van der Waals surface area contributed by atoms with Gasteiger partial charge >= 0.3 is 0 Å². The molecule has 7 nitrogen and oxygen atoms in total. The van der Waals surface area contributed by atoms with Gasteiger partial charge < -0.3 is 10.1 Å². The molecule has 1 heterocycles. The van der Waals surface area contributed by atoms with E-state index in [1.54, 1.807) is 31.4 Å². The largest absolute Gasteiger partial charge is 0.497 e. The fraction of sp³-hybridized carbons (Fsp3) is 0.562. The smallest absolute Gasteiger partial charge is 0.243 e. The Morgan fingerprint density at radius 2 is 1.79 bits per heavy atom. The molecule has 1 aliphatic heterocycles. The first-order chi connectivity index (χ1) is 11.5. The lowest BCUT2D eigenvalue weighted by Gasteiger charge is -2.33. The van der Waals surface area contributed by atoms with Crippen LogP contribution in [0.15, 0.2) is 29.2 Å². The fourth-order valence-corrected chi connectivity index (χ4v) is 3.99. The van der Waals surface area contributed by atoms with Crippen molar-refractivity contribution in [2.45, 2.75) is 18.2 Å². The molecule has 24 heavy (non-hydrogen) atoms. The number of nitrogens with one attached hydrogen (secondary N) is 1. The fourth-order valence-electron chi connectivity index (χ4n) is 2.57. The minimum absolute atomic E-state index is 0.0377. The zero-order valence-corrected chi connectivity index (χ0v) is 15.0. The highest BCUT2D eigenvalue weighted by molar-refractivity contribution is 7.89. The van der Waals surface area contributed by atoms with Crippen molar-refractivity contribution in [1.29, 1.82) is 0 Å². The van der Waals surface area contributed by atoms with E-state index in [4.69, 9.17) is 4.74 Å². The molecule has 134 valence electrons. The van der Waals surface area contributed by atoms with Crippen LogP contribution < -0.4 is 10.1 Å². The van der Waals surface area contributed by atoms with Gasteiger partial charge in [-0.05, 0) is 24.3 Å². The summed E-state index contributed by atoms with van der Waals surface area (Å²) in [5.41, 5.74) is 0. The predicted molar refractivity (Wildman–Crippen MR) is 91.5 cm³/mol. The van der Waals surface area contributed by atoms with E-state index in [1.165, 1.54) is 4.31 Å². The average Bonchev–Trinajstić information content (AvgIpc) is 2.62. The van der Waals surface area contributed by atoms with E-state index in [9.17, 15) is 13.2 Å². The maximum atomic E-state index is 12.6. The van der Waals surface area contributed by atoms with E-state index in [2.05, 4.69) is 10.2 Å². The first-order valence-electron chi connectivity index (χ1n) is 8.10. The predicted octanol–water partition coefficient (Wildman–Crippen LogP) is 0.528. The normalized spacial score (nSPS) is 16.8. The number of amides is 1. The van der Waals surface area contributed by atoms with Gasteiger partial charge in [-0.3, -0.25) is 9.69 Å². The van der Waals surface area contributed by atoms with Crippen molar-refractivity contribution in [3.63, 3.8) is 0 Å². The third-order valence-electron chi connectivity index (χ3n) is 4.10. The highest BCUT2D eigenvalue weighted by atomic mass is 32.2. The Hall–Kier alpha value is -1.64. The molecule has 0 aliphatic carbocycles. The first-order valence-corrected chi connectivity index (χ1v) is 9.54. The Bertz CT molecular complexity index is 638. The van der Waals surface area contributed by atoms with Gasteiger partial charge in [0.2, 0.25) is 15.9 Å². The highest BCUT2D eigenvalue weighted by Gasteiger charge is 2.28. The van der Waals surface area contributed by atoms with Crippen LogP contribution in [0.1, 0.15) is 13.3 Å². The summed E-state index contributed by atoms with van der Waals surface area (Å²) in [7, 11) is -1.92. The monoisotopic (exact) mass is 355 g/mol. The highest BCUT2D eigenvalue weighted by Crippen LogP contribution is 2.20. The number of carbonyl (C=O) groups excluding carboxylic acids is 1. The van der Waals surface area contributed by atoms with Crippen LogP contribution >= 0.6 is 0 Å². The van der Waals surface area contributed by atoms with Crippen molar-refractivity contribution in [3.05, 3.63) is 24.3 Å². The van der Waals surface area contributed by atoms with Gasteiger partial charge in [-0.25, -0.2) is 8.42 Å². The van der Waals surface area contributed by atoms with Crippen molar-refractivity contribution in [3.8, 4) is 5.75 Å². The summed E-state index contributed by atoms with van der Waals surface area (Å²) in [4.78, 5) is 13.7. The standard InChI is InChI=1S/C16H25N3O4S/c1-3-16(20)17-8-9-18-10-12-19(13-11-18)24(21,22)15-6-4-14(23-2)5-7-15/h4-7H,3,8-13H2,1-2H3,(H,17,20). The van der Waals surface area contributed by atoms with E-state index in [0.29, 0.717) is 44.9 Å². The number of carbonyl (C=O) groups is 1. The maximum Gasteiger partial charge on any atom is 0.243 e. The summed E-state index contributed by atoms with van der Waals surface area (Å²) in [6, 6.07) is 6.45. The Balaban J connectivity index is 1.87. The lowest BCUT2D eigenvalue weighted by Crippen LogP contribution is -2.50. The second-order valence-electron chi connectivity index (χ2n) is 5.62. The molecular weight excluding hydrogens is 330 g/mol. The van der Waals surface area contributed by atoms with Gasteiger partial charge in [-0.1, -0.05) is 6.92 Å². The molecule has 1 amide bonds.